The van der Waals surface area contributed by atoms with Gasteiger partial charge in [0.05, 0.1) is 12.1 Å². The molecule has 112 valence electrons. The van der Waals surface area contributed by atoms with Gasteiger partial charge in [0.15, 0.2) is 12.5 Å². The van der Waals surface area contributed by atoms with Crippen LogP contribution >= 0.6 is 0 Å². The zero-order valence-electron chi connectivity index (χ0n) is 11.0. The predicted octanol–water partition coefficient (Wildman–Crippen LogP) is 1.97. The van der Waals surface area contributed by atoms with E-state index in [1.54, 1.807) is 30.3 Å². The Morgan fingerprint density at radius 2 is 2.24 bits per heavy atom. The third kappa shape index (κ3) is 3.91. The highest BCUT2D eigenvalue weighted by molar-refractivity contribution is 5.89. The van der Waals surface area contributed by atoms with Crippen LogP contribution in [-0.2, 0) is 9.47 Å². The number of azide groups is 1. The second kappa shape index (κ2) is 7.03. The van der Waals surface area contributed by atoms with Gasteiger partial charge in [0.25, 0.3) is 0 Å². The molecule has 0 bridgehead atoms. The summed E-state index contributed by atoms with van der Waals surface area (Å²) < 4.78 is 23.7. The molecule has 0 radical (unpaired) electrons. The number of nitrogens with zero attached hydrogens (tertiary/aromatic N) is 3. The average Bonchev–Trinajstić information content (AvgIpc) is 2.50. The number of ether oxygens (including phenoxy) is 2. The molecule has 1 fully saturated rings. The van der Waals surface area contributed by atoms with Crippen molar-refractivity contribution in [3.8, 4) is 0 Å². The minimum atomic E-state index is -1.67. The van der Waals surface area contributed by atoms with Gasteiger partial charge in [-0.2, -0.15) is 0 Å². The Kier molecular flexibility index (Phi) is 5.10. The van der Waals surface area contributed by atoms with Crippen molar-refractivity contribution in [1.82, 2.24) is 0 Å². The summed E-state index contributed by atoms with van der Waals surface area (Å²) in [5.74, 6) is -0.626. The van der Waals surface area contributed by atoms with Gasteiger partial charge in [-0.3, -0.25) is 0 Å². The summed E-state index contributed by atoms with van der Waals surface area (Å²) in [6, 6.07) is 8.23. The standard InChI is InChI=1S/C13H14FN3O4/c14-9-6-10(11(7-16-17-15)21-13(9)19)20-12(18)8-4-2-1-3-5-8/h1-5,9-11,13,19H,6-7H2/t9-,10+,11-,13-/m1/s1. The molecule has 1 aliphatic rings. The predicted molar refractivity (Wildman–Crippen MR) is 70.1 cm³/mol. The number of aliphatic hydroxyl groups excluding tert-OH is 1. The number of carbonyl (C=O) groups is 1. The molecule has 1 N–H and O–H groups in total. The summed E-state index contributed by atoms with van der Waals surface area (Å²) in [5.41, 5.74) is 8.64. The zero-order chi connectivity index (χ0) is 15.2. The van der Waals surface area contributed by atoms with Crippen molar-refractivity contribution in [2.45, 2.75) is 31.1 Å². The van der Waals surface area contributed by atoms with E-state index in [0.29, 0.717) is 5.56 Å². The van der Waals surface area contributed by atoms with Crippen LogP contribution in [-0.4, -0.2) is 42.3 Å². The van der Waals surface area contributed by atoms with Gasteiger partial charge < -0.3 is 14.6 Å². The smallest absolute Gasteiger partial charge is 0.338 e. The van der Waals surface area contributed by atoms with Crippen LogP contribution in [0.1, 0.15) is 16.8 Å². The molecule has 0 amide bonds. The molecule has 1 aromatic carbocycles. The van der Waals surface area contributed by atoms with Gasteiger partial charge in [-0.05, 0) is 17.7 Å². The van der Waals surface area contributed by atoms with Gasteiger partial charge in [-0.25, -0.2) is 9.18 Å². The van der Waals surface area contributed by atoms with Gasteiger partial charge in [-0.15, -0.1) is 0 Å². The lowest BCUT2D eigenvalue weighted by Gasteiger charge is -2.35. The first-order valence-corrected chi connectivity index (χ1v) is 6.36. The fourth-order valence-corrected chi connectivity index (χ4v) is 2.02. The van der Waals surface area contributed by atoms with Crippen LogP contribution in [0, 0.1) is 0 Å². The van der Waals surface area contributed by atoms with E-state index in [1.165, 1.54) is 0 Å². The maximum absolute atomic E-state index is 13.5. The van der Waals surface area contributed by atoms with E-state index < -0.39 is 30.6 Å². The summed E-state index contributed by atoms with van der Waals surface area (Å²) in [5, 5.41) is 12.7. The van der Waals surface area contributed by atoms with Crippen molar-refractivity contribution in [2.75, 3.05) is 6.54 Å². The maximum Gasteiger partial charge on any atom is 0.338 e. The molecule has 0 saturated carbocycles. The van der Waals surface area contributed by atoms with Crippen LogP contribution in [0.3, 0.4) is 0 Å². The molecule has 0 aliphatic carbocycles. The number of hydrogen-bond donors (Lipinski definition) is 1. The summed E-state index contributed by atoms with van der Waals surface area (Å²) in [7, 11) is 0. The molecule has 8 heteroatoms. The van der Waals surface area contributed by atoms with Crippen LogP contribution in [0.15, 0.2) is 35.4 Å². The third-order valence-corrected chi connectivity index (χ3v) is 3.09. The fraction of sp³-hybridized carbons (Fsp3) is 0.462. The minimum Gasteiger partial charge on any atom is -0.456 e. The van der Waals surface area contributed by atoms with Crippen LogP contribution in [0.5, 0.6) is 0 Å². The lowest BCUT2D eigenvalue weighted by atomic mass is 10.0. The highest BCUT2D eigenvalue weighted by Crippen LogP contribution is 2.25. The topological polar surface area (TPSA) is 105 Å². The van der Waals surface area contributed by atoms with Crippen molar-refractivity contribution in [2.24, 2.45) is 5.11 Å². The Hall–Kier alpha value is -2.15. The second-order valence-corrected chi connectivity index (χ2v) is 4.54. The Bertz CT molecular complexity index is 535. The van der Waals surface area contributed by atoms with E-state index in [0.717, 1.165) is 0 Å². The molecule has 0 aromatic heterocycles. The molecular weight excluding hydrogens is 281 g/mol. The van der Waals surface area contributed by atoms with Crippen molar-refractivity contribution in [3.63, 3.8) is 0 Å². The van der Waals surface area contributed by atoms with Crippen molar-refractivity contribution in [3.05, 3.63) is 46.3 Å². The number of carbonyl (C=O) groups excluding carboxylic acids is 1. The minimum absolute atomic E-state index is 0.160. The number of aliphatic hydroxyl groups is 1. The van der Waals surface area contributed by atoms with E-state index >= 15 is 0 Å². The zero-order valence-corrected chi connectivity index (χ0v) is 11.0. The van der Waals surface area contributed by atoms with Crippen LogP contribution < -0.4 is 0 Å². The Morgan fingerprint density at radius 3 is 2.90 bits per heavy atom. The molecule has 7 nitrogen and oxygen atoms in total. The van der Waals surface area contributed by atoms with Gasteiger partial charge in [0.1, 0.15) is 12.2 Å². The van der Waals surface area contributed by atoms with Crippen molar-refractivity contribution < 1.29 is 23.8 Å². The quantitative estimate of drug-likeness (QED) is 0.397. The average molecular weight is 295 g/mol. The first kappa shape index (κ1) is 15.2. The van der Waals surface area contributed by atoms with Gasteiger partial charge in [0.2, 0.25) is 0 Å². The summed E-state index contributed by atoms with van der Waals surface area (Å²) in [4.78, 5) is 14.5. The Labute approximate surface area is 119 Å². The first-order chi connectivity index (χ1) is 10.1. The summed E-state index contributed by atoms with van der Waals surface area (Å²) in [6.45, 7) is -0.160. The Balaban J connectivity index is 2.07. The van der Waals surface area contributed by atoms with E-state index in [4.69, 9.17) is 15.0 Å². The van der Waals surface area contributed by atoms with E-state index in [1.807, 2.05) is 0 Å². The first-order valence-electron chi connectivity index (χ1n) is 6.36. The fourth-order valence-electron chi connectivity index (χ4n) is 2.02. The van der Waals surface area contributed by atoms with Crippen LogP contribution in [0.25, 0.3) is 10.4 Å². The van der Waals surface area contributed by atoms with E-state index in [9.17, 15) is 14.3 Å². The molecule has 0 spiro atoms. The summed E-state index contributed by atoms with van der Waals surface area (Å²) >= 11 is 0. The monoisotopic (exact) mass is 295 g/mol. The van der Waals surface area contributed by atoms with Gasteiger partial charge in [-0.1, -0.05) is 23.3 Å². The number of esters is 1. The molecule has 1 aliphatic heterocycles. The number of benzene rings is 1. The van der Waals surface area contributed by atoms with E-state index in [-0.39, 0.29) is 13.0 Å². The molecule has 0 unspecified atom stereocenters. The number of hydrogen-bond acceptors (Lipinski definition) is 5. The van der Waals surface area contributed by atoms with Crippen molar-refractivity contribution in [1.29, 1.82) is 0 Å². The highest BCUT2D eigenvalue weighted by atomic mass is 19.1. The lowest BCUT2D eigenvalue weighted by molar-refractivity contribution is -0.226. The van der Waals surface area contributed by atoms with Gasteiger partial charge >= 0.3 is 5.97 Å². The third-order valence-electron chi connectivity index (χ3n) is 3.09. The molecular formula is C13H14FN3O4. The molecule has 1 heterocycles. The summed E-state index contributed by atoms with van der Waals surface area (Å²) in [6.07, 6.45) is -5.31. The maximum atomic E-state index is 13.5. The number of halogens is 1. The SMILES string of the molecule is [N-]=[N+]=NC[C@H]1O[C@@H](O)[C@H](F)C[C@@H]1OC(=O)c1ccccc1. The molecule has 4 atom stereocenters. The number of rotatable bonds is 4. The largest absolute Gasteiger partial charge is 0.456 e. The number of alkyl halides is 1. The molecule has 1 aromatic rings. The molecule has 1 saturated heterocycles. The molecule has 21 heavy (non-hydrogen) atoms. The second-order valence-electron chi connectivity index (χ2n) is 4.54. The van der Waals surface area contributed by atoms with Gasteiger partial charge in [0, 0.05) is 11.3 Å². The molecule has 2 rings (SSSR count). The highest BCUT2D eigenvalue weighted by Gasteiger charge is 2.39. The lowest BCUT2D eigenvalue weighted by Crippen LogP contribution is -2.48. The Morgan fingerprint density at radius 1 is 1.52 bits per heavy atom. The van der Waals surface area contributed by atoms with Crippen LogP contribution in [0.4, 0.5) is 4.39 Å². The van der Waals surface area contributed by atoms with Crippen LogP contribution in [0.2, 0.25) is 0 Å². The normalized spacial score (nSPS) is 28.5. The van der Waals surface area contributed by atoms with E-state index in [2.05, 4.69) is 10.0 Å². The van der Waals surface area contributed by atoms with Crippen molar-refractivity contribution >= 4 is 5.97 Å².